The van der Waals surface area contributed by atoms with Crippen LogP contribution in [0, 0.1) is 17.7 Å². The van der Waals surface area contributed by atoms with E-state index in [2.05, 4.69) is 4.98 Å². The maximum atomic E-state index is 13.8. The molecular formula is C22H19FN2O2S2. The third kappa shape index (κ3) is 3.36. The SMILES string of the molecule is O=C1C2CCCCC2C(=O)N1c1ccc2nc(SCc3ccccc3F)sc2c1. The number of nitrogens with zero attached hydrogens (tertiary/aromatic N) is 2. The van der Waals surface area contributed by atoms with Gasteiger partial charge in [0.1, 0.15) is 5.82 Å². The van der Waals surface area contributed by atoms with Crippen molar-refractivity contribution in [3.05, 3.63) is 53.8 Å². The maximum Gasteiger partial charge on any atom is 0.237 e. The summed E-state index contributed by atoms with van der Waals surface area (Å²) in [6.07, 6.45) is 3.66. The van der Waals surface area contributed by atoms with E-state index in [9.17, 15) is 14.0 Å². The monoisotopic (exact) mass is 426 g/mol. The first-order valence-electron chi connectivity index (χ1n) is 9.76. The molecule has 0 bridgehead atoms. The summed E-state index contributed by atoms with van der Waals surface area (Å²) in [5.41, 5.74) is 2.11. The van der Waals surface area contributed by atoms with Crippen molar-refractivity contribution >= 4 is 50.8 Å². The molecule has 148 valence electrons. The van der Waals surface area contributed by atoms with Gasteiger partial charge >= 0.3 is 0 Å². The molecule has 2 amide bonds. The first-order valence-corrected chi connectivity index (χ1v) is 11.6. The predicted octanol–water partition coefficient (Wildman–Crippen LogP) is 5.41. The zero-order valence-corrected chi connectivity index (χ0v) is 17.3. The zero-order chi connectivity index (χ0) is 20.0. The molecule has 1 aromatic heterocycles. The topological polar surface area (TPSA) is 50.3 Å². The van der Waals surface area contributed by atoms with Gasteiger partial charge in [-0.05, 0) is 42.7 Å². The van der Waals surface area contributed by atoms with Gasteiger partial charge in [-0.25, -0.2) is 9.37 Å². The second-order valence-electron chi connectivity index (χ2n) is 7.52. The summed E-state index contributed by atoms with van der Waals surface area (Å²) in [4.78, 5) is 31.7. The van der Waals surface area contributed by atoms with E-state index in [4.69, 9.17) is 0 Å². The summed E-state index contributed by atoms with van der Waals surface area (Å²) in [5.74, 6) is -0.127. The van der Waals surface area contributed by atoms with Crippen LogP contribution in [0.4, 0.5) is 10.1 Å². The first-order chi connectivity index (χ1) is 14.1. The van der Waals surface area contributed by atoms with Crippen LogP contribution in [-0.4, -0.2) is 16.8 Å². The van der Waals surface area contributed by atoms with Gasteiger partial charge in [-0.1, -0.05) is 42.8 Å². The molecule has 2 unspecified atom stereocenters. The average molecular weight is 427 g/mol. The Bertz CT molecular complexity index is 1090. The Morgan fingerprint density at radius 2 is 1.79 bits per heavy atom. The number of hydrogen-bond acceptors (Lipinski definition) is 5. The second kappa shape index (κ2) is 7.54. The lowest BCUT2D eigenvalue weighted by molar-refractivity contribution is -0.122. The number of thiazole rings is 1. The van der Waals surface area contributed by atoms with Crippen molar-refractivity contribution in [2.75, 3.05) is 4.90 Å². The fourth-order valence-electron chi connectivity index (χ4n) is 4.26. The Morgan fingerprint density at radius 1 is 1.07 bits per heavy atom. The number of carbonyl (C=O) groups excluding carboxylic acids is 2. The third-order valence-corrected chi connectivity index (χ3v) is 7.97. The third-order valence-electron chi connectivity index (χ3n) is 5.76. The van der Waals surface area contributed by atoms with Gasteiger partial charge < -0.3 is 0 Å². The lowest BCUT2D eigenvalue weighted by Crippen LogP contribution is -2.30. The van der Waals surface area contributed by atoms with Crippen molar-refractivity contribution in [1.29, 1.82) is 0 Å². The molecule has 2 aromatic carbocycles. The molecule has 7 heteroatoms. The molecule has 1 aliphatic heterocycles. The number of anilines is 1. The summed E-state index contributed by atoms with van der Waals surface area (Å²) in [6, 6.07) is 12.3. The number of fused-ring (bicyclic) bond motifs is 2. The molecule has 2 atom stereocenters. The lowest BCUT2D eigenvalue weighted by Gasteiger charge is -2.19. The molecule has 2 fully saturated rings. The van der Waals surface area contributed by atoms with Crippen molar-refractivity contribution < 1.29 is 14.0 Å². The van der Waals surface area contributed by atoms with E-state index in [1.165, 1.54) is 34.1 Å². The molecule has 5 rings (SSSR count). The molecule has 0 N–H and O–H groups in total. The minimum atomic E-state index is -0.212. The van der Waals surface area contributed by atoms with Gasteiger partial charge in [0.2, 0.25) is 11.8 Å². The van der Waals surface area contributed by atoms with E-state index < -0.39 is 0 Å². The van der Waals surface area contributed by atoms with E-state index in [0.29, 0.717) is 17.0 Å². The Labute approximate surface area is 176 Å². The molecule has 3 aromatic rings. The highest BCUT2D eigenvalue weighted by molar-refractivity contribution is 8.00. The second-order valence-corrected chi connectivity index (χ2v) is 9.77. The summed E-state index contributed by atoms with van der Waals surface area (Å²) >= 11 is 2.99. The standard InChI is InChI=1S/C22H19FN2O2S2/c23-17-8-4-1-5-13(17)12-28-22-24-18-10-9-14(11-19(18)29-22)25-20(26)15-6-2-3-7-16(15)21(25)27/h1,4-5,8-11,15-16H,2-3,6-7,12H2. The molecular weight excluding hydrogens is 407 g/mol. The van der Waals surface area contributed by atoms with Gasteiger partial charge in [0.25, 0.3) is 0 Å². The number of halogens is 1. The van der Waals surface area contributed by atoms with Gasteiger partial charge in [-0.15, -0.1) is 11.3 Å². The molecule has 1 saturated heterocycles. The van der Waals surface area contributed by atoms with Gasteiger partial charge in [0.05, 0.1) is 27.7 Å². The maximum absolute atomic E-state index is 13.8. The van der Waals surface area contributed by atoms with Crippen LogP contribution in [0.3, 0.4) is 0 Å². The molecule has 4 nitrogen and oxygen atoms in total. The van der Waals surface area contributed by atoms with Crippen LogP contribution in [0.2, 0.25) is 0 Å². The lowest BCUT2D eigenvalue weighted by atomic mass is 9.81. The van der Waals surface area contributed by atoms with Crippen LogP contribution in [0.1, 0.15) is 31.2 Å². The fraction of sp³-hybridized carbons (Fsp3) is 0.318. The van der Waals surface area contributed by atoms with Crippen LogP contribution in [0.5, 0.6) is 0 Å². The zero-order valence-electron chi connectivity index (χ0n) is 15.6. The minimum Gasteiger partial charge on any atom is -0.274 e. The van der Waals surface area contributed by atoms with E-state index >= 15 is 0 Å². The summed E-state index contributed by atoms with van der Waals surface area (Å²) < 4.78 is 15.6. The quantitative estimate of drug-likeness (QED) is 0.414. The number of carbonyl (C=O) groups is 2. The fourth-order valence-corrected chi connectivity index (χ4v) is 6.35. The smallest absolute Gasteiger partial charge is 0.237 e. The van der Waals surface area contributed by atoms with Crippen molar-refractivity contribution in [2.24, 2.45) is 11.8 Å². The van der Waals surface area contributed by atoms with Crippen molar-refractivity contribution in [3.8, 4) is 0 Å². The number of imide groups is 1. The Morgan fingerprint density at radius 3 is 2.52 bits per heavy atom. The largest absolute Gasteiger partial charge is 0.274 e. The Hall–Kier alpha value is -2.25. The van der Waals surface area contributed by atoms with Crippen LogP contribution < -0.4 is 4.90 Å². The van der Waals surface area contributed by atoms with Gasteiger partial charge in [0.15, 0.2) is 4.34 Å². The predicted molar refractivity (Wildman–Crippen MR) is 114 cm³/mol. The van der Waals surface area contributed by atoms with E-state index in [1.54, 1.807) is 18.2 Å². The number of benzene rings is 2. The molecule has 1 aliphatic carbocycles. The molecule has 0 radical (unpaired) electrons. The van der Waals surface area contributed by atoms with Crippen LogP contribution in [0.25, 0.3) is 10.2 Å². The number of aromatic nitrogens is 1. The number of thioether (sulfide) groups is 1. The highest BCUT2D eigenvalue weighted by Gasteiger charge is 2.48. The van der Waals surface area contributed by atoms with Gasteiger partial charge in [0, 0.05) is 5.75 Å². The van der Waals surface area contributed by atoms with Crippen molar-refractivity contribution in [2.45, 2.75) is 35.8 Å². The van der Waals surface area contributed by atoms with Gasteiger partial charge in [-0.3, -0.25) is 14.5 Å². The minimum absolute atomic E-state index is 0.0577. The first kappa shape index (κ1) is 18.8. The van der Waals surface area contributed by atoms with Crippen LogP contribution in [0.15, 0.2) is 46.8 Å². The van der Waals surface area contributed by atoms with Crippen LogP contribution >= 0.6 is 23.1 Å². The van der Waals surface area contributed by atoms with Crippen molar-refractivity contribution in [1.82, 2.24) is 4.98 Å². The Balaban J connectivity index is 1.39. The van der Waals surface area contributed by atoms with Gasteiger partial charge in [-0.2, -0.15) is 0 Å². The highest BCUT2D eigenvalue weighted by Crippen LogP contribution is 2.41. The highest BCUT2D eigenvalue weighted by atomic mass is 32.2. The normalized spacial score (nSPS) is 21.8. The number of hydrogen-bond donors (Lipinski definition) is 0. The number of amides is 2. The molecule has 29 heavy (non-hydrogen) atoms. The molecule has 2 aliphatic rings. The molecule has 0 spiro atoms. The van der Waals surface area contributed by atoms with E-state index in [0.717, 1.165) is 40.2 Å². The summed E-state index contributed by atoms with van der Waals surface area (Å²) in [7, 11) is 0. The molecule has 2 heterocycles. The summed E-state index contributed by atoms with van der Waals surface area (Å²) in [6.45, 7) is 0. The van der Waals surface area contributed by atoms with E-state index in [-0.39, 0.29) is 29.5 Å². The average Bonchev–Trinajstić information content (AvgIpc) is 3.25. The van der Waals surface area contributed by atoms with Crippen molar-refractivity contribution in [3.63, 3.8) is 0 Å². The number of rotatable bonds is 4. The Kier molecular flexibility index (Phi) is 4.87. The molecule has 1 saturated carbocycles. The summed E-state index contributed by atoms with van der Waals surface area (Å²) in [5, 5.41) is 0. The van der Waals surface area contributed by atoms with Crippen LogP contribution in [-0.2, 0) is 15.3 Å². The van der Waals surface area contributed by atoms with E-state index in [1.807, 2.05) is 18.2 Å².